The van der Waals surface area contributed by atoms with Gasteiger partial charge in [0.15, 0.2) is 0 Å². The lowest BCUT2D eigenvalue weighted by Gasteiger charge is -2.13. The Morgan fingerprint density at radius 3 is 2.59 bits per heavy atom. The largest absolute Gasteiger partial charge is 0.399 e. The van der Waals surface area contributed by atoms with Crippen molar-refractivity contribution in [1.82, 2.24) is 20.3 Å². The number of halogens is 1. The van der Waals surface area contributed by atoms with E-state index in [1.807, 2.05) is 6.92 Å². The van der Waals surface area contributed by atoms with E-state index in [4.69, 9.17) is 5.73 Å². The summed E-state index contributed by atoms with van der Waals surface area (Å²) in [5.74, 6) is 0.0849. The lowest BCUT2D eigenvalue weighted by atomic mass is 9.92. The molecule has 0 aliphatic carbocycles. The fourth-order valence-corrected chi connectivity index (χ4v) is 3.95. The van der Waals surface area contributed by atoms with Crippen LogP contribution in [0.15, 0.2) is 54.9 Å². The number of aromatic nitrogens is 3. The van der Waals surface area contributed by atoms with Crippen LogP contribution in [-0.4, -0.2) is 26.9 Å². The molecular formula is C24H20FN7O2. The summed E-state index contributed by atoms with van der Waals surface area (Å²) in [4.78, 5) is 36.3. The summed E-state index contributed by atoms with van der Waals surface area (Å²) in [7, 11) is 0. The number of urea groups is 1. The van der Waals surface area contributed by atoms with Gasteiger partial charge in [-0.2, -0.15) is 0 Å². The summed E-state index contributed by atoms with van der Waals surface area (Å²) < 4.78 is 15.1. The molecule has 3 heterocycles. The molecule has 4 aromatic rings. The van der Waals surface area contributed by atoms with Crippen molar-refractivity contribution >= 4 is 29.1 Å². The molecule has 6 N–H and O–H groups in total. The minimum Gasteiger partial charge on any atom is -0.399 e. The van der Waals surface area contributed by atoms with E-state index >= 15 is 4.39 Å². The highest BCUT2D eigenvalue weighted by molar-refractivity contribution is 6.06. The number of rotatable bonds is 4. The van der Waals surface area contributed by atoms with Gasteiger partial charge in [-0.15, -0.1) is 0 Å². The van der Waals surface area contributed by atoms with E-state index in [9.17, 15) is 9.59 Å². The predicted octanol–water partition coefficient (Wildman–Crippen LogP) is 4.06. The molecule has 0 bridgehead atoms. The van der Waals surface area contributed by atoms with Gasteiger partial charge in [0, 0.05) is 53.2 Å². The molecule has 2 aromatic carbocycles. The van der Waals surface area contributed by atoms with E-state index in [2.05, 4.69) is 30.9 Å². The first-order chi connectivity index (χ1) is 16.4. The lowest BCUT2D eigenvalue weighted by Crippen LogP contribution is -2.20. The van der Waals surface area contributed by atoms with Gasteiger partial charge in [-0.1, -0.05) is 6.07 Å². The van der Waals surface area contributed by atoms with Crippen molar-refractivity contribution in [3.05, 3.63) is 77.5 Å². The third-order valence-electron chi connectivity index (χ3n) is 5.47. The van der Waals surface area contributed by atoms with Crippen LogP contribution in [-0.2, 0) is 6.54 Å². The number of nitrogen functional groups attached to an aromatic ring is 1. The Morgan fingerprint density at radius 2 is 1.85 bits per heavy atom. The summed E-state index contributed by atoms with van der Waals surface area (Å²) in [5.41, 5.74) is 10.0. The van der Waals surface area contributed by atoms with Gasteiger partial charge in [0.05, 0.1) is 5.56 Å². The van der Waals surface area contributed by atoms with E-state index < -0.39 is 11.8 Å². The Morgan fingerprint density at radius 1 is 1.06 bits per heavy atom. The second kappa shape index (κ2) is 8.32. The molecule has 0 atom stereocenters. The van der Waals surface area contributed by atoms with Crippen LogP contribution in [0.2, 0.25) is 0 Å². The Labute approximate surface area is 193 Å². The average molecular weight is 457 g/mol. The number of nitrogens with one attached hydrogen (secondary N) is 4. The van der Waals surface area contributed by atoms with Crippen LogP contribution >= 0.6 is 0 Å². The normalized spacial score (nSPS) is 12.2. The summed E-state index contributed by atoms with van der Waals surface area (Å²) in [6.45, 7) is 2.16. The first-order valence-corrected chi connectivity index (χ1v) is 10.4. The molecule has 0 saturated heterocycles. The Hall–Kier alpha value is -4.73. The smallest absolute Gasteiger partial charge is 0.324 e. The number of carbonyl (C=O) groups is 2. The zero-order valence-electron chi connectivity index (χ0n) is 18.1. The van der Waals surface area contributed by atoms with Crippen molar-refractivity contribution in [3.8, 4) is 22.5 Å². The first kappa shape index (κ1) is 21.1. The van der Waals surface area contributed by atoms with Crippen molar-refractivity contribution in [2.24, 2.45) is 0 Å². The molecule has 0 saturated carbocycles. The third-order valence-corrected chi connectivity index (χ3v) is 5.47. The summed E-state index contributed by atoms with van der Waals surface area (Å²) in [5, 5.41) is 7.93. The highest BCUT2D eigenvalue weighted by Gasteiger charge is 2.28. The molecule has 0 radical (unpaired) electrons. The lowest BCUT2D eigenvalue weighted by molar-refractivity contribution is 0.0966. The van der Waals surface area contributed by atoms with E-state index in [0.29, 0.717) is 39.3 Å². The SMILES string of the molecule is Cc1cnc(-c2ccc(-c3ccc(NC(=O)Nc4cc(N)ccn4)cc3F)c3c2C(=O)NC3)[nH]1. The number of aryl methyl sites for hydroxylation is 1. The van der Waals surface area contributed by atoms with E-state index in [-0.39, 0.29) is 24.0 Å². The molecule has 34 heavy (non-hydrogen) atoms. The number of nitrogens with two attached hydrogens (primary N) is 1. The summed E-state index contributed by atoms with van der Waals surface area (Å²) in [6, 6.07) is 10.4. The van der Waals surface area contributed by atoms with Crippen molar-refractivity contribution < 1.29 is 14.0 Å². The van der Waals surface area contributed by atoms with Crippen LogP contribution in [0, 0.1) is 12.7 Å². The van der Waals surface area contributed by atoms with Crippen LogP contribution in [0.5, 0.6) is 0 Å². The maximum atomic E-state index is 15.1. The molecule has 3 amide bonds. The number of nitrogens with zero attached hydrogens (tertiary/aromatic N) is 2. The average Bonchev–Trinajstić information content (AvgIpc) is 3.40. The fraction of sp³-hybridized carbons (Fsp3) is 0.0833. The zero-order valence-corrected chi connectivity index (χ0v) is 18.1. The van der Waals surface area contributed by atoms with Gasteiger partial charge in [0.25, 0.3) is 5.91 Å². The van der Waals surface area contributed by atoms with Crippen molar-refractivity contribution in [1.29, 1.82) is 0 Å². The number of hydrogen-bond donors (Lipinski definition) is 5. The second-order valence-corrected chi connectivity index (χ2v) is 7.86. The number of imidazole rings is 1. The predicted molar refractivity (Wildman–Crippen MR) is 127 cm³/mol. The topological polar surface area (TPSA) is 138 Å². The minimum atomic E-state index is -0.584. The van der Waals surface area contributed by atoms with Crippen LogP contribution in [0.25, 0.3) is 22.5 Å². The zero-order chi connectivity index (χ0) is 23.8. The number of carbonyl (C=O) groups excluding carboxylic acids is 2. The van der Waals surface area contributed by atoms with Crippen LogP contribution in [0.3, 0.4) is 0 Å². The molecule has 5 rings (SSSR count). The number of hydrogen-bond acceptors (Lipinski definition) is 5. The van der Waals surface area contributed by atoms with Gasteiger partial charge in [-0.3, -0.25) is 10.1 Å². The van der Waals surface area contributed by atoms with E-state index in [0.717, 1.165) is 5.69 Å². The molecule has 0 fully saturated rings. The molecule has 0 unspecified atom stereocenters. The van der Waals surface area contributed by atoms with Gasteiger partial charge in [-0.25, -0.2) is 19.2 Å². The summed E-state index contributed by atoms with van der Waals surface area (Å²) in [6.07, 6.45) is 3.16. The van der Waals surface area contributed by atoms with Gasteiger partial charge < -0.3 is 21.4 Å². The van der Waals surface area contributed by atoms with Gasteiger partial charge in [-0.05, 0) is 48.4 Å². The maximum absolute atomic E-state index is 15.1. The van der Waals surface area contributed by atoms with Crippen LogP contribution in [0.4, 0.5) is 26.4 Å². The molecule has 10 heteroatoms. The molecule has 1 aliphatic rings. The van der Waals surface area contributed by atoms with E-state index in [1.54, 1.807) is 36.5 Å². The highest BCUT2D eigenvalue weighted by Crippen LogP contribution is 2.36. The molecule has 1 aliphatic heterocycles. The maximum Gasteiger partial charge on any atom is 0.324 e. The standard InChI is InChI=1S/C24H20FN7O2/c1-12-10-28-22(30-12)17-5-4-15(18-11-29-23(33)21(17)18)16-3-2-14(9-19(16)25)31-24(34)32-20-8-13(26)6-7-27-20/h2-10H,11H2,1H3,(H,28,30)(H,29,33)(H4,26,27,31,32,34). The van der Waals surface area contributed by atoms with Crippen molar-refractivity contribution in [3.63, 3.8) is 0 Å². The molecular weight excluding hydrogens is 437 g/mol. The number of pyridine rings is 1. The number of aromatic amines is 1. The number of amides is 3. The number of anilines is 3. The van der Waals surface area contributed by atoms with Gasteiger partial charge in [0.2, 0.25) is 0 Å². The summed E-state index contributed by atoms with van der Waals surface area (Å²) >= 11 is 0. The second-order valence-electron chi connectivity index (χ2n) is 7.86. The van der Waals surface area contributed by atoms with Crippen molar-refractivity contribution in [2.75, 3.05) is 16.4 Å². The molecule has 9 nitrogen and oxygen atoms in total. The van der Waals surface area contributed by atoms with Gasteiger partial charge >= 0.3 is 6.03 Å². The first-order valence-electron chi connectivity index (χ1n) is 10.4. The minimum absolute atomic E-state index is 0.230. The Kier molecular flexibility index (Phi) is 5.17. The fourth-order valence-electron chi connectivity index (χ4n) is 3.95. The highest BCUT2D eigenvalue weighted by atomic mass is 19.1. The number of benzene rings is 2. The number of fused-ring (bicyclic) bond motifs is 1. The van der Waals surface area contributed by atoms with Gasteiger partial charge in [0.1, 0.15) is 17.5 Å². The number of H-pyrrole nitrogens is 1. The van der Waals surface area contributed by atoms with Crippen molar-refractivity contribution in [2.45, 2.75) is 13.5 Å². The van der Waals surface area contributed by atoms with E-state index in [1.165, 1.54) is 18.3 Å². The molecule has 0 spiro atoms. The third kappa shape index (κ3) is 3.92. The van der Waals surface area contributed by atoms with Crippen LogP contribution < -0.4 is 21.7 Å². The van der Waals surface area contributed by atoms with Crippen LogP contribution in [0.1, 0.15) is 21.6 Å². The Bertz CT molecular complexity index is 1450. The quantitative estimate of drug-likeness (QED) is 0.315. The monoisotopic (exact) mass is 457 g/mol. The Balaban J connectivity index is 1.43. The molecule has 2 aromatic heterocycles. The molecule has 170 valence electrons.